The molecule has 1 fully saturated rings. The molecule has 2 atom stereocenters. The molecular weight excluding hydrogens is 290 g/mol. The molecule has 2 aliphatic heterocycles. The highest BCUT2D eigenvalue weighted by molar-refractivity contribution is 5.83. The molecule has 0 N–H and O–H groups in total. The van der Waals surface area contributed by atoms with Gasteiger partial charge in [-0.05, 0) is 41.9 Å². The second-order valence-corrected chi connectivity index (χ2v) is 5.32. The third kappa shape index (κ3) is 3.09. The molecule has 126 valence electrons. The molecule has 1 saturated heterocycles. The fraction of sp³-hybridized carbons (Fsp3) is 0.632. The molecule has 3 rings (SSSR count). The summed E-state index contributed by atoms with van der Waals surface area (Å²) < 4.78 is 138. The minimum Gasteiger partial charge on any atom is -0.493 e. The molecule has 0 aromatic heterocycles. The highest BCUT2D eigenvalue weighted by atomic mass is 16.5. The Balaban J connectivity index is 2.22. The van der Waals surface area contributed by atoms with Crippen LogP contribution in [0.1, 0.15) is 65.6 Å². The van der Waals surface area contributed by atoms with E-state index in [1.165, 1.54) is 0 Å². The molecule has 1 aromatic carbocycles. The minimum atomic E-state index is -3.88. The number of ether oxygens (including phenoxy) is 2. The number of carbonyl (C=O) groups excluding carboxylic acids is 1. The summed E-state index contributed by atoms with van der Waals surface area (Å²) in [7, 11) is -1.92. The van der Waals surface area contributed by atoms with Crippen molar-refractivity contribution < 1.29 is 36.2 Å². The number of methoxy groups -OCH3 is 2. The number of carbonyl (C=O) groups is 1. The van der Waals surface area contributed by atoms with E-state index in [9.17, 15) is 4.79 Å². The molecule has 0 radical (unpaired) electrons. The Morgan fingerprint density at radius 2 is 2.35 bits per heavy atom. The molecule has 0 amide bonds. The number of rotatable bonds is 4. The van der Waals surface area contributed by atoms with Crippen molar-refractivity contribution in [1.29, 1.82) is 0 Å². The quantitative estimate of drug-likeness (QED) is 0.848. The summed E-state index contributed by atoms with van der Waals surface area (Å²) in [5.41, 5.74) is 0.0344. The van der Waals surface area contributed by atoms with Crippen LogP contribution in [0, 0.1) is 11.8 Å². The first-order valence-electron chi connectivity index (χ1n) is 15.0. The standard InChI is InChI=1S/C19H27NO3/c1-12(2)7-14-11-20-6-5-13-8-18(22-3)19(23-4)9-15(13)16(20)10-17(14)21/h8-9,12,14,16H,5-7,10-11H2,1-4H3/i1D3,2D3,4D3,7D2,8D,9D,11D2,12D. The SMILES string of the molecule is [2H]c1c2c(c([2H])c(OC([2H])([2H])[2H])c1OC)C1CC(=O)C(C([2H])([2H])C([2H])(C([2H])([2H])[2H])C([2H])([2H])[2H])C([2H])([2H])N1CC2. The van der Waals surface area contributed by atoms with E-state index >= 15 is 0 Å². The topological polar surface area (TPSA) is 38.8 Å². The Bertz CT molecular complexity index is 1140. The van der Waals surface area contributed by atoms with Crippen molar-refractivity contribution >= 4 is 5.78 Å². The molecule has 2 heterocycles. The van der Waals surface area contributed by atoms with Gasteiger partial charge in [0, 0.05) is 46.5 Å². The Kier molecular flexibility index (Phi) is 1.63. The second kappa shape index (κ2) is 6.52. The number of hydrogen-bond donors (Lipinski definition) is 0. The van der Waals surface area contributed by atoms with Crippen LogP contribution in [-0.4, -0.2) is 37.9 Å². The van der Waals surface area contributed by atoms with Crippen molar-refractivity contribution in [2.45, 2.75) is 39.0 Å². The summed E-state index contributed by atoms with van der Waals surface area (Å²) in [6.45, 7) is -10.9. The van der Waals surface area contributed by atoms with Crippen molar-refractivity contribution in [3.8, 4) is 11.5 Å². The summed E-state index contributed by atoms with van der Waals surface area (Å²) in [6.07, 6.45) is -4.59. The Morgan fingerprint density at radius 3 is 3.09 bits per heavy atom. The average molecular weight is 334 g/mol. The van der Waals surface area contributed by atoms with Gasteiger partial charge in [-0.15, -0.1) is 0 Å². The number of ketones is 1. The first-order valence-corrected chi connectivity index (χ1v) is 7.04. The average Bonchev–Trinajstić information content (AvgIpc) is 2.73. The number of fused-ring (bicyclic) bond motifs is 3. The van der Waals surface area contributed by atoms with Gasteiger partial charge in [-0.1, -0.05) is 13.7 Å². The molecule has 23 heavy (non-hydrogen) atoms. The van der Waals surface area contributed by atoms with Gasteiger partial charge in [0.15, 0.2) is 11.5 Å². The zero-order valence-electron chi connectivity index (χ0n) is 28.4. The number of Topliss-reactive ketones (excluding diaryl/α,β-unsaturated/α-hetero) is 1. The lowest BCUT2D eigenvalue weighted by atomic mass is 9.80. The van der Waals surface area contributed by atoms with Crippen LogP contribution in [0.2, 0.25) is 0 Å². The summed E-state index contributed by atoms with van der Waals surface area (Å²) in [5, 5.41) is 0. The molecule has 0 saturated carbocycles. The lowest BCUT2D eigenvalue weighted by molar-refractivity contribution is -0.129. The number of hydrogen-bond acceptors (Lipinski definition) is 4. The van der Waals surface area contributed by atoms with Crippen molar-refractivity contribution in [2.75, 3.05) is 27.2 Å². The minimum absolute atomic E-state index is 0.119. The van der Waals surface area contributed by atoms with Gasteiger partial charge in [0.1, 0.15) is 5.78 Å². The van der Waals surface area contributed by atoms with Crippen LogP contribution in [0.5, 0.6) is 11.5 Å². The van der Waals surface area contributed by atoms with Gasteiger partial charge in [-0.25, -0.2) is 0 Å². The molecule has 4 heteroatoms. The van der Waals surface area contributed by atoms with Crippen LogP contribution < -0.4 is 9.47 Å². The molecule has 4 nitrogen and oxygen atoms in total. The van der Waals surface area contributed by atoms with E-state index in [1.54, 1.807) is 0 Å². The zero-order valence-corrected chi connectivity index (χ0v) is 12.4. The molecule has 2 unspecified atom stereocenters. The fourth-order valence-corrected chi connectivity index (χ4v) is 2.93. The molecule has 0 aliphatic carbocycles. The number of piperidine rings is 1. The maximum absolute atomic E-state index is 13.4. The molecule has 2 aliphatic rings. The van der Waals surface area contributed by atoms with E-state index in [-0.39, 0.29) is 35.9 Å². The van der Waals surface area contributed by atoms with E-state index < -0.39 is 75.5 Å². The summed E-state index contributed by atoms with van der Waals surface area (Å²) in [5.74, 6) is -8.63. The van der Waals surface area contributed by atoms with Crippen LogP contribution in [0.3, 0.4) is 0 Å². The predicted molar refractivity (Wildman–Crippen MR) is 90.1 cm³/mol. The van der Waals surface area contributed by atoms with Crippen molar-refractivity contribution in [3.05, 3.63) is 23.2 Å². The zero-order chi connectivity index (χ0) is 30.3. The lowest BCUT2D eigenvalue weighted by Crippen LogP contribution is -2.46. The monoisotopic (exact) mass is 333 g/mol. The molecular formula is C19H27NO3. The van der Waals surface area contributed by atoms with Crippen LogP contribution in [-0.2, 0) is 11.2 Å². The molecule has 1 aromatic rings. The van der Waals surface area contributed by atoms with Gasteiger partial charge in [-0.2, -0.15) is 0 Å². The first kappa shape index (κ1) is 5.76. The maximum atomic E-state index is 13.4. The van der Waals surface area contributed by atoms with Crippen molar-refractivity contribution in [1.82, 2.24) is 4.90 Å². The van der Waals surface area contributed by atoms with Gasteiger partial charge in [0.25, 0.3) is 0 Å². The highest BCUT2D eigenvalue weighted by Gasteiger charge is 2.38. The van der Waals surface area contributed by atoms with E-state index in [0.29, 0.717) is 0 Å². The normalized spacial score (nSPS) is 39.4. The number of benzene rings is 1. The second-order valence-electron chi connectivity index (χ2n) is 5.32. The van der Waals surface area contributed by atoms with Crippen molar-refractivity contribution in [3.63, 3.8) is 0 Å². The number of nitrogens with zero attached hydrogens (tertiary/aromatic N) is 1. The Labute approximate surface area is 161 Å². The summed E-state index contributed by atoms with van der Waals surface area (Å²) in [4.78, 5) is 14.4. The van der Waals surface area contributed by atoms with Gasteiger partial charge in [0.05, 0.1) is 21.0 Å². The van der Waals surface area contributed by atoms with Crippen LogP contribution in [0.4, 0.5) is 0 Å². The third-order valence-corrected chi connectivity index (χ3v) is 3.96. The van der Waals surface area contributed by atoms with Gasteiger partial charge in [-0.3, -0.25) is 9.69 Å². The summed E-state index contributed by atoms with van der Waals surface area (Å²) in [6, 6.07) is -2.26. The Morgan fingerprint density at radius 1 is 1.52 bits per heavy atom. The molecule has 0 spiro atoms. The smallest absolute Gasteiger partial charge is 0.161 e. The van der Waals surface area contributed by atoms with E-state index in [2.05, 4.69) is 0 Å². The summed E-state index contributed by atoms with van der Waals surface area (Å²) >= 11 is 0. The first-order chi connectivity index (χ1) is 17.4. The largest absolute Gasteiger partial charge is 0.493 e. The van der Waals surface area contributed by atoms with E-state index in [1.807, 2.05) is 0 Å². The predicted octanol–water partition coefficient (Wildman–Crippen LogP) is 3.24. The van der Waals surface area contributed by atoms with Crippen molar-refractivity contribution in [2.24, 2.45) is 11.8 Å². The molecule has 0 bridgehead atoms. The fourth-order valence-electron chi connectivity index (χ4n) is 2.93. The van der Waals surface area contributed by atoms with Gasteiger partial charge >= 0.3 is 0 Å². The lowest BCUT2D eigenvalue weighted by Gasteiger charge is -2.43. The van der Waals surface area contributed by atoms with E-state index in [4.69, 9.17) is 31.4 Å². The van der Waals surface area contributed by atoms with Crippen LogP contribution >= 0.6 is 0 Å². The van der Waals surface area contributed by atoms with E-state index in [0.717, 1.165) is 12.0 Å². The maximum Gasteiger partial charge on any atom is 0.161 e. The third-order valence-electron chi connectivity index (χ3n) is 3.96. The van der Waals surface area contributed by atoms with Gasteiger partial charge in [0.2, 0.25) is 0 Å². The van der Waals surface area contributed by atoms with Gasteiger partial charge < -0.3 is 9.47 Å². The van der Waals surface area contributed by atoms with Crippen LogP contribution in [0.25, 0.3) is 0 Å². The Hall–Kier alpha value is -1.55. The van der Waals surface area contributed by atoms with Crippen LogP contribution in [0.15, 0.2) is 12.1 Å². The highest BCUT2D eigenvalue weighted by Crippen LogP contribution is 2.42.